The lowest BCUT2D eigenvalue weighted by Gasteiger charge is -2.10. The highest BCUT2D eigenvalue weighted by Crippen LogP contribution is 2.09. The molecule has 0 spiro atoms. The van der Waals surface area contributed by atoms with E-state index in [0.717, 1.165) is 18.5 Å². The van der Waals surface area contributed by atoms with Crippen LogP contribution < -0.4 is 5.32 Å². The second kappa shape index (κ2) is 8.17. The van der Waals surface area contributed by atoms with Crippen molar-refractivity contribution in [2.24, 2.45) is 0 Å². The normalized spacial score (nSPS) is 15.5. The molecule has 0 aromatic heterocycles. The molecule has 88 valence electrons. The van der Waals surface area contributed by atoms with Gasteiger partial charge < -0.3 is 5.32 Å². The summed E-state index contributed by atoms with van der Waals surface area (Å²) in [5.74, 6) is 0. The molecule has 0 atom stereocenters. The molecule has 1 nitrogen and oxygen atoms in total. The molecule has 1 rings (SSSR count). The van der Waals surface area contributed by atoms with E-state index in [1.54, 1.807) is 12.2 Å². The molecule has 17 heavy (non-hydrogen) atoms. The Morgan fingerprint density at radius 1 is 1.24 bits per heavy atom. The van der Waals surface area contributed by atoms with Crippen LogP contribution in [-0.2, 0) is 0 Å². The third-order valence-electron chi connectivity index (χ3n) is 2.24. The Hall–Kier alpha value is -2.02. The number of rotatable bonds is 6. The lowest BCUT2D eigenvalue weighted by atomic mass is 10.2. The highest BCUT2D eigenvalue weighted by atomic mass is 14.9. The molecule has 0 fully saturated rings. The van der Waals surface area contributed by atoms with Crippen molar-refractivity contribution >= 4 is 0 Å². The third kappa shape index (κ3) is 5.57. The molecular formula is C16H19N. The van der Waals surface area contributed by atoms with Gasteiger partial charge in [0.25, 0.3) is 0 Å². The fourth-order valence-electron chi connectivity index (χ4n) is 1.47. The summed E-state index contributed by atoms with van der Waals surface area (Å²) in [6.45, 7) is 7.39. The first-order valence-corrected chi connectivity index (χ1v) is 5.75. The van der Waals surface area contributed by atoms with Gasteiger partial charge in [-0.25, -0.2) is 0 Å². The summed E-state index contributed by atoms with van der Waals surface area (Å²) in [6.07, 6.45) is 21.7. The molecule has 1 aliphatic rings. The molecule has 0 radical (unpaired) electrons. The molecule has 0 aromatic carbocycles. The summed E-state index contributed by atoms with van der Waals surface area (Å²) in [5.41, 5.74) is 2.32. The Bertz CT molecular complexity index is 403. The van der Waals surface area contributed by atoms with E-state index in [1.165, 1.54) is 5.70 Å². The van der Waals surface area contributed by atoms with Crippen molar-refractivity contribution in [3.05, 3.63) is 85.3 Å². The predicted molar refractivity (Wildman–Crippen MR) is 76.3 cm³/mol. The monoisotopic (exact) mass is 225 g/mol. The zero-order chi connectivity index (χ0) is 12.3. The molecule has 0 unspecified atom stereocenters. The van der Waals surface area contributed by atoms with Crippen molar-refractivity contribution in [3.8, 4) is 0 Å². The lowest BCUT2D eigenvalue weighted by Crippen LogP contribution is -2.11. The van der Waals surface area contributed by atoms with E-state index in [9.17, 15) is 0 Å². The van der Waals surface area contributed by atoms with E-state index in [2.05, 4.69) is 42.8 Å². The molecule has 1 aliphatic carbocycles. The van der Waals surface area contributed by atoms with Gasteiger partial charge in [-0.05, 0) is 12.2 Å². The zero-order valence-corrected chi connectivity index (χ0v) is 10.1. The van der Waals surface area contributed by atoms with E-state index in [-0.39, 0.29) is 0 Å². The van der Waals surface area contributed by atoms with E-state index < -0.39 is 0 Å². The van der Waals surface area contributed by atoms with Crippen LogP contribution in [-0.4, -0.2) is 0 Å². The maximum Gasteiger partial charge on any atom is 0.0187 e. The number of nitrogens with one attached hydrogen (secondary N) is 1. The number of hydrogen-bond donors (Lipinski definition) is 1. The molecule has 1 heteroatoms. The minimum atomic E-state index is 0.850. The topological polar surface area (TPSA) is 12.0 Å². The average molecular weight is 225 g/mol. The van der Waals surface area contributed by atoms with Crippen molar-refractivity contribution in [2.45, 2.75) is 12.8 Å². The summed E-state index contributed by atoms with van der Waals surface area (Å²) in [5, 5.41) is 3.42. The zero-order valence-electron chi connectivity index (χ0n) is 10.1. The Labute approximate surface area is 104 Å². The quantitative estimate of drug-likeness (QED) is 0.669. The standard InChI is InChI=1S/C16H19N/c1-3-5-8-12-15(11-4-2)17-16-13-9-6-7-10-14-16/h3-11,13,17H,1-2,12,14H2/b8-5-,15-11+. The van der Waals surface area contributed by atoms with Gasteiger partial charge in [-0.1, -0.05) is 61.8 Å². The number of hydrogen-bond acceptors (Lipinski definition) is 1. The van der Waals surface area contributed by atoms with Crippen LogP contribution in [0.25, 0.3) is 0 Å². The van der Waals surface area contributed by atoms with Crippen LogP contribution in [0.15, 0.2) is 85.3 Å². The molecule has 0 bridgehead atoms. The van der Waals surface area contributed by atoms with Crippen molar-refractivity contribution in [3.63, 3.8) is 0 Å². The molecule has 1 N–H and O–H groups in total. The average Bonchev–Trinajstić information content (AvgIpc) is 2.58. The van der Waals surface area contributed by atoms with Crippen molar-refractivity contribution in [1.82, 2.24) is 5.32 Å². The summed E-state index contributed by atoms with van der Waals surface area (Å²) >= 11 is 0. The maximum atomic E-state index is 3.73. The summed E-state index contributed by atoms with van der Waals surface area (Å²) in [4.78, 5) is 0. The van der Waals surface area contributed by atoms with Crippen LogP contribution in [0.1, 0.15) is 12.8 Å². The summed E-state index contributed by atoms with van der Waals surface area (Å²) in [6, 6.07) is 0. The molecule has 0 aliphatic heterocycles. The van der Waals surface area contributed by atoms with E-state index in [4.69, 9.17) is 0 Å². The van der Waals surface area contributed by atoms with Crippen LogP contribution in [0.5, 0.6) is 0 Å². The van der Waals surface area contributed by atoms with E-state index >= 15 is 0 Å². The molecule has 0 saturated heterocycles. The molecule has 0 heterocycles. The van der Waals surface area contributed by atoms with Gasteiger partial charge >= 0.3 is 0 Å². The highest BCUT2D eigenvalue weighted by Gasteiger charge is 1.98. The van der Waals surface area contributed by atoms with Crippen LogP contribution in [0.4, 0.5) is 0 Å². The summed E-state index contributed by atoms with van der Waals surface area (Å²) in [7, 11) is 0. The van der Waals surface area contributed by atoms with Crippen LogP contribution >= 0.6 is 0 Å². The lowest BCUT2D eigenvalue weighted by molar-refractivity contribution is 0.893. The second-order valence-corrected chi connectivity index (χ2v) is 3.63. The van der Waals surface area contributed by atoms with Gasteiger partial charge in [0.15, 0.2) is 0 Å². The van der Waals surface area contributed by atoms with Crippen LogP contribution in [0.3, 0.4) is 0 Å². The smallest absolute Gasteiger partial charge is 0.0187 e. The van der Waals surface area contributed by atoms with Crippen molar-refractivity contribution < 1.29 is 0 Å². The third-order valence-corrected chi connectivity index (χ3v) is 2.24. The first-order valence-electron chi connectivity index (χ1n) is 5.75. The predicted octanol–water partition coefficient (Wildman–Crippen LogP) is 4.18. The van der Waals surface area contributed by atoms with Gasteiger partial charge in [-0.2, -0.15) is 0 Å². The molecule has 0 saturated carbocycles. The Kier molecular flexibility index (Phi) is 6.27. The van der Waals surface area contributed by atoms with Gasteiger partial charge in [0, 0.05) is 24.2 Å². The van der Waals surface area contributed by atoms with E-state index in [0.29, 0.717) is 0 Å². The Morgan fingerprint density at radius 3 is 2.88 bits per heavy atom. The second-order valence-electron chi connectivity index (χ2n) is 3.63. The van der Waals surface area contributed by atoms with Gasteiger partial charge in [0.05, 0.1) is 0 Å². The Balaban J connectivity index is 2.63. The highest BCUT2D eigenvalue weighted by molar-refractivity contribution is 5.26. The van der Waals surface area contributed by atoms with Gasteiger partial charge in [0.1, 0.15) is 0 Å². The van der Waals surface area contributed by atoms with Crippen LogP contribution in [0, 0.1) is 0 Å². The van der Waals surface area contributed by atoms with Gasteiger partial charge in [-0.15, -0.1) is 0 Å². The Morgan fingerprint density at radius 2 is 2.12 bits per heavy atom. The first kappa shape index (κ1) is 13.0. The van der Waals surface area contributed by atoms with Crippen molar-refractivity contribution in [1.29, 1.82) is 0 Å². The molecular weight excluding hydrogens is 206 g/mol. The maximum absolute atomic E-state index is 3.73. The van der Waals surface area contributed by atoms with Gasteiger partial charge in [-0.3, -0.25) is 0 Å². The number of allylic oxidation sites excluding steroid dienone is 10. The molecule has 0 amide bonds. The van der Waals surface area contributed by atoms with Crippen molar-refractivity contribution in [2.75, 3.05) is 0 Å². The van der Waals surface area contributed by atoms with E-state index in [1.807, 2.05) is 24.3 Å². The minimum absolute atomic E-state index is 0.850. The first-order chi connectivity index (χ1) is 8.36. The molecule has 0 aromatic rings. The minimum Gasteiger partial charge on any atom is -0.362 e. The van der Waals surface area contributed by atoms with Crippen LogP contribution in [0.2, 0.25) is 0 Å². The summed E-state index contributed by atoms with van der Waals surface area (Å²) < 4.78 is 0. The SMILES string of the molecule is C=C/C=C\C/C(=C\C=C)NC1=CC=CC=CC1. The fourth-order valence-corrected chi connectivity index (χ4v) is 1.47. The fraction of sp³-hybridized carbons (Fsp3) is 0.125. The van der Waals surface area contributed by atoms with Gasteiger partial charge in [0.2, 0.25) is 0 Å². The largest absolute Gasteiger partial charge is 0.362 e.